The minimum Gasteiger partial charge on any atom is -0.463 e. The van der Waals surface area contributed by atoms with Gasteiger partial charge >= 0.3 is 5.97 Å². The predicted molar refractivity (Wildman–Crippen MR) is 100 cm³/mol. The minimum absolute atomic E-state index is 0.00313. The van der Waals surface area contributed by atoms with Crippen LogP contribution in [0.4, 0.5) is 5.69 Å². The van der Waals surface area contributed by atoms with Crippen molar-refractivity contribution in [2.24, 2.45) is 5.92 Å². The molecule has 3 unspecified atom stereocenters. The Hall–Kier alpha value is -1.88. The van der Waals surface area contributed by atoms with Crippen molar-refractivity contribution in [3.63, 3.8) is 0 Å². The Labute approximate surface area is 155 Å². The van der Waals surface area contributed by atoms with Crippen LogP contribution in [0.15, 0.2) is 24.3 Å². The maximum absolute atomic E-state index is 12.6. The summed E-state index contributed by atoms with van der Waals surface area (Å²) in [6.07, 6.45) is 4.36. The number of hydrogen-bond acceptors (Lipinski definition) is 4. The van der Waals surface area contributed by atoms with E-state index in [0.717, 1.165) is 43.5 Å². The first-order valence-electron chi connectivity index (χ1n) is 9.77. The molecule has 2 fully saturated rings. The third kappa shape index (κ3) is 4.26. The topological polar surface area (TPSA) is 55.8 Å². The standard InChI is InChI=1S/C21H29NO4/c1-3-15(2)18-9-4-5-10-19(18)22-13-16(12-20(22)23)21(24)26-14-17-8-6-7-11-25-17/h4-5,9-10,15-17H,3,6-8,11-14H2,1-2H3. The Morgan fingerprint density at radius 2 is 2.15 bits per heavy atom. The van der Waals surface area contributed by atoms with Crippen LogP contribution in [-0.4, -0.2) is 37.7 Å². The van der Waals surface area contributed by atoms with E-state index in [1.165, 1.54) is 0 Å². The molecule has 2 heterocycles. The monoisotopic (exact) mass is 359 g/mol. The molecule has 2 saturated heterocycles. The van der Waals surface area contributed by atoms with E-state index in [1.807, 2.05) is 18.2 Å². The van der Waals surface area contributed by atoms with Gasteiger partial charge in [0.25, 0.3) is 0 Å². The largest absolute Gasteiger partial charge is 0.463 e. The van der Waals surface area contributed by atoms with Gasteiger partial charge in [0.2, 0.25) is 5.91 Å². The van der Waals surface area contributed by atoms with E-state index >= 15 is 0 Å². The first kappa shape index (κ1) is 18.9. The Morgan fingerprint density at radius 1 is 1.35 bits per heavy atom. The molecule has 3 atom stereocenters. The van der Waals surface area contributed by atoms with Crippen LogP contribution in [-0.2, 0) is 19.1 Å². The summed E-state index contributed by atoms with van der Waals surface area (Å²) < 4.78 is 11.1. The third-order valence-electron chi connectivity index (χ3n) is 5.51. The maximum atomic E-state index is 12.6. The number of para-hydroxylation sites is 1. The van der Waals surface area contributed by atoms with Crippen LogP contribution in [0.25, 0.3) is 0 Å². The molecular formula is C21H29NO4. The number of amides is 1. The number of benzene rings is 1. The molecule has 1 amide bonds. The lowest BCUT2D eigenvalue weighted by Crippen LogP contribution is -2.30. The van der Waals surface area contributed by atoms with Crippen LogP contribution in [0.5, 0.6) is 0 Å². The highest BCUT2D eigenvalue weighted by Crippen LogP contribution is 2.33. The lowest BCUT2D eigenvalue weighted by atomic mass is 9.96. The van der Waals surface area contributed by atoms with Crippen LogP contribution in [0.1, 0.15) is 57.4 Å². The van der Waals surface area contributed by atoms with Crippen molar-refractivity contribution >= 4 is 17.6 Å². The van der Waals surface area contributed by atoms with Gasteiger partial charge in [-0.2, -0.15) is 0 Å². The van der Waals surface area contributed by atoms with Gasteiger partial charge in [-0.1, -0.05) is 32.0 Å². The van der Waals surface area contributed by atoms with E-state index in [9.17, 15) is 9.59 Å². The zero-order valence-electron chi connectivity index (χ0n) is 15.8. The Bertz CT molecular complexity index is 639. The van der Waals surface area contributed by atoms with Gasteiger partial charge in [0.1, 0.15) is 6.61 Å². The molecule has 0 N–H and O–H groups in total. The summed E-state index contributed by atoms with van der Waals surface area (Å²) in [6.45, 7) is 5.74. The van der Waals surface area contributed by atoms with E-state index in [4.69, 9.17) is 9.47 Å². The number of carbonyl (C=O) groups excluding carboxylic acids is 2. The van der Waals surface area contributed by atoms with Crippen molar-refractivity contribution < 1.29 is 19.1 Å². The molecule has 0 spiro atoms. The average Bonchev–Trinajstić information content (AvgIpc) is 3.08. The number of carbonyl (C=O) groups is 2. The number of esters is 1. The molecule has 142 valence electrons. The number of anilines is 1. The van der Waals surface area contributed by atoms with E-state index in [1.54, 1.807) is 4.90 Å². The molecule has 0 aromatic heterocycles. The fourth-order valence-electron chi connectivity index (χ4n) is 3.70. The van der Waals surface area contributed by atoms with Crippen LogP contribution in [0, 0.1) is 5.92 Å². The summed E-state index contributed by atoms with van der Waals surface area (Å²) in [6, 6.07) is 7.99. The first-order valence-corrected chi connectivity index (χ1v) is 9.77. The quantitative estimate of drug-likeness (QED) is 0.727. The molecule has 0 bridgehead atoms. The van der Waals surface area contributed by atoms with Crippen LogP contribution in [0.2, 0.25) is 0 Å². The summed E-state index contributed by atoms with van der Waals surface area (Å²) in [5, 5.41) is 0. The third-order valence-corrected chi connectivity index (χ3v) is 5.51. The van der Waals surface area contributed by atoms with Crippen molar-refractivity contribution in [1.82, 2.24) is 0 Å². The molecular weight excluding hydrogens is 330 g/mol. The number of hydrogen-bond donors (Lipinski definition) is 0. The van der Waals surface area contributed by atoms with Crippen molar-refractivity contribution in [3.05, 3.63) is 29.8 Å². The molecule has 3 rings (SSSR count). The fraction of sp³-hybridized carbons (Fsp3) is 0.619. The highest BCUT2D eigenvalue weighted by Gasteiger charge is 2.37. The summed E-state index contributed by atoms with van der Waals surface area (Å²) in [5.74, 6) is -0.308. The Morgan fingerprint density at radius 3 is 2.88 bits per heavy atom. The Balaban J connectivity index is 1.62. The summed E-state index contributed by atoms with van der Waals surface area (Å²) in [5.41, 5.74) is 2.09. The molecule has 2 aliphatic rings. The van der Waals surface area contributed by atoms with E-state index in [0.29, 0.717) is 19.1 Å². The van der Waals surface area contributed by atoms with Gasteiger partial charge in [0.05, 0.1) is 12.0 Å². The van der Waals surface area contributed by atoms with Gasteiger partial charge in [-0.05, 0) is 43.2 Å². The van der Waals surface area contributed by atoms with Gasteiger partial charge < -0.3 is 14.4 Å². The SMILES string of the molecule is CCC(C)c1ccccc1N1CC(C(=O)OCC2CCCCO2)CC1=O. The highest BCUT2D eigenvalue weighted by molar-refractivity contribution is 6.00. The highest BCUT2D eigenvalue weighted by atomic mass is 16.6. The molecule has 26 heavy (non-hydrogen) atoms. The number of nitrogens with zero attached hydrogens (tertiary/aromatic N) is 1. The second-order valence-electron chi connectivity index (χ2n) is 7.39. The molecule has 2 aliphatic heterocycles. The average molecular weight is 359 g/mol. The summed E-state index contributed by atoms with van der Waals surface area (Å²) >= 11 is 0. The lowest BCUT2D eigenvalue weighted by molar-refractivity contribution is -0.153. The molecule has 5 nitrogen and oxygen atoms in total. The zero-order chi connectivity index (χ0) is 18.5. The van der Waals surface area contributed by atoms with Crippen LogP contribution >= 0.6 is 0 Å². The van der Waals surface area contributed by atoms with Crippen molar-refractivity contribution in [2.45, 2.75) is 58.0 Å². The van der Waals surface area contributed by atoms with Crippen LogP contribution < -0.4 is 4.90 Å². The van der Waals surface area contributed by atoms with Gasteiger partial charge in [0.15, 0.2) is 0 Å². The first-order chi connectivity index (χ1) is 12.6. The molecule has 0 saturated carbocycles. The lowest BCUT2D eigenvalue weighted by Gasteiger charge is -2.24. The molecule has 0 aliphatic carbocycles. The zero-order valence-corrected chi connectivity index (χ0v) is 15.8. The van der Waals surface area contributed by atoms with Crippen molar-refractivity contribution in [1.29, 1.82) is 0 Å². The minimum atomic E-state index is -0.393. The normalized spacial score (nSPS) is 24.5. The molecule has 5 heteroatoms. The van der Waals surface area contributed by atoms with Gasteiger partial charge in [-0.15, -0.1) is 0 Å². The predicted octanol–water partition coefficient (Wildman–Crippen LogP) is 3.67. The number of rotatable bonds is 6. The van der Waals surface area contributed by atoms with E-state index in [2.05, 4.69) is 19.9 Å². The van der Waals surface area contributed by atoms with Gasteiger partial charge in [0, 0.05) is 25.3 Å². The second kappa shape index (κ2) is 8.67. The van der Waals surface area contributed by atoms with E-state index in [-0.39, 0.29) is 24.4 Å². The van der Waals surface area contributed by atoms with Crippen molar-refractivity contribution in [3.8, 4) is 0 Å². The Kier molecular flexibility index (Phi) is 6.30. The number of ether oxygens (including phenoxy) is 2. The van der Waals surface area contributed by atoms with E-state index < -0.39 is 5.92 Å². The fourth-order valence-corrected chi connectivity index (χ4v) is 3.70. The van der Waals surface area contributed by atoms with Gasteiger partial charge in [-0.3, -0.25) is 9.59 Å². The van der Waals surface area contributed by atoms with Gasteiger partial charge in [-0.25, -0.2) is 0 Å². The molecule has 1 aromatic rings. The second-order valence-corrected chi connectivity index (χ2v) is 7.39. The summed E-state index contributed by atoms with van der Waals surface area (Å²) in [7, 11) is 0. The molecule has 0 radical (unpaired) electrons. The summed E-state index contributed by atoms with van der Waals surface area (Å²) in [4.78, 5) is 26.7. The molecule has 1 aromatic carbocycles. The smallest absolute Gasteiger partial charge is 0.311 e. The van der Waals surface area contributed by atoms with Crippen LogP contribution in [0.3, 0.4) is 0 Å². The maximum Gasteiger partial charge on any atom is 0.311 e. The van der Waals surface area contributed by atoms with Crippen molar-refractivity contribution in [2.75, 3.05) is 24.7 Å².